The molecule has 0 fully saturated rings. The molecule has 24 heavy (non-hydrogen) atoms. The van der Waals surface area contributed by atoms with Gasteiger partial charge in [0, 0.05) is 12.1 Å². The molecule has 3 aromatic heterocycles. The summed E-state index contributed by atoms with van der Waals surface area (Å²) in [6.07, 6.45) is 2.72. The van der Waals surface area contributed by atoms with Crippen molar-refractivity contribution in [3.63, 3.8) is 0 Å². The van der Waals surface area contributed by atoms with E-state index in [1.54, 1.807) is 6.20 Å². The molecule has 0 aliphatic heterocycles. The predicted molar refractivity (Wildman–Crippen MR) is 90.3 cm³/mol. The normalized spacial score (nSPS) is 12.7. The Bertz CT molecular complexity index is 766. The molecule has 0 bridgehead atoms. The van der Waals surface area contributed by atoms with E-state index in [2.05, 4.69) is 33.0 Å². The summed E-state index contributed by atoms with van der Waals surface area (Å²) >= 11 is 0. The minimum absolute atomic E-state index is 0.382. The maximum absolute atomic E-state index is 5.68. The molecule has 3 aromatic rings. The molecule has 0 saturated heterocycles. The lowest BCUT2D eigenvalue weighted by Crippen LogP contribution is -2.20. The van der Waals surface area contributed by atoms with Gasteiger partial charge in [-0.05, 0) is 51.2 Å². The number of furan rings is 1. The lowest BCUT2D eigenvalue weighted by molar-refractivity contribution is 0.257. The molecule has 0 N–H and O–H groups in total. The Balaban J connectivity index is 1.52. The van der Waals surface area contributed by atoms with E-state index in [9.17, 15) is 0 Å². The Morgan fingerprint density at radius 1 is 1.21 bits per heavy atom. The van der Waals surface area contributed by atoms with E-state index in [1.807, 2.05) is 38.2 Å². The van der Waals surface area contributed by atoms with Crippen LogP contribution in [0, 0.1) is 6.92 Å². The molecule has 0 amide bonds. The first-order valence-corrected chi connectivity index (χ1v) is 8.10. The maximum atomic E-state index is 5.68. The van der Waals surface area contributed by atoms with Crippen LogP contribution >= 0.6 is 0 Å². The van der Waals surface area contributed by atoms with Gasteiger partial charge in [0.1, 0.15) is 17.2 Å². The number of aryl methyl sites for hydroxylation is 1. The molecule has 1 unspecified atom stereocenters. The third kappa shape index (κ3) is 4.08. The Morgan fingerprint density at radius 2 is 2.08 bits per heavy atom. The van der Waals surface area contributed by atoms with E-state index in [-0.39, 0.29) is 0 Å². The third-order valence-electron chi connectivity index (χ3n) is 3.96. The number of aromatic nitrogens is 3. The Kier molecular flexibility index (Phi) is 5.05. The minimum Gasteiger partial charge on any atom is -0.466 e. The van der Waals surface area contributed by atoms with Crippen LogP contribution in [0.1, 0.15) is 36.7 Å². The topological polar surface area (TPSA) is 68.2 Å². The molecular formula is C18H22N4O2. The summed E-state index contributed by atoms with van der Waals surface area (Å²) in [7, 11) is 2.05. The summed E-state index contributed by atoms with van der Waals surface area (Å²) in [5, 5.41) is 3.99. The molecule has 126 valence electrons. The smallest absolute Gasteiger partial charge is 0.241 e. The molecule has 0 aromatic carbocycles. The van der Waals surface area contributed by atoms with Gasteiger partial charge in [-0.25, -0.2) is 0 Å². The van der Waals surface area contributed by atoms with E-state index < -0.39 is 0 Å². The van der Waals surface area contributed by atoms with Crippen molar-refractivity contribution in [1.82, 2.24) is 20.0 Å². The average Bonchev–Trinajstić information content (AvgIpc) is 3.23. The van der Waals surface area contributed by atoms with Crippen molar-refractivity contribution < 1.29 is 8.94 Å². The summed E-state index contributed by atoms with van der Waals surface area (Å²) in [4.78, 5) is 10.8. The zero-order valence-corrected chi connectivity index (χ0v) is 14.3. The molecule has 6 nitrogen and oxygen atoms in total. The van der Waals surface area contributed by atoms with Gasteiger partial charge in [0.25, 0.3) is 0 Å². The molecule has 0 radical (unpaired) electrons. The predicted octanol–water partition coefficient (Wildman–Crippen LogP) is 3.66. The Labute approximate surface area is 141 Å². The van der Waals surface area contributed by atoms with Gasteiger partial charge >= 0.3 is 0 Å². The second kappa shape index (κ2) is 7.40. The van der Waals surface area contributed by atoms with Crippen molar-refractivity contribution in [1.29, 1.82) is 0 Å². The van der Waals surface area contributed by atoms with E-state index in [4.69, 9.17) is 8.94 Å². The highest BCUT2D eigenvalue weighted by Gasteiger charge is 2.14. The lowest BCUT2D eigenvalue weighted by atomic mass is 10.1. The Hall–Kier alpha value is -2.47. The second-order valence-electron chi connectivity index (χ2n) is 6.10. The van der Waals surface area contributed by atoms with Gasteiger partial charge in [-0.3, -0.25) is 9.88 Å². The van der Waals surface area contributed by atoms with Crippen LogP contribution in [0.2, 0.25) is 0 Å². The summed E-state index contributed by atoms with van der Waals surface area (Å²) in [6.45, 7) is 5.68. The van der Waals surface area contributed by atoms with Gasteiger partial charge in [-0.2, -0.15) is 4.98 Å². The van der Waals surface area contributed by atoms with Gasteiger partial charge < -0.3 is 8.94 Å². The zero-order chi connectivity index (χ0) is 16.9. The van der Waals surface area contributed by atoms with Crippen LogP contribution in [0.3, 0.4) is 0 Å². The van der Waals surface area contributed by atoms with Gasteiger partial charge in [-0.1, -0.05) is 18.1 Å². The monoisotopic (exact) mass is 326 g/mol. The quantitative estimate of drug-likeness (QED) is 0.660. The maximum Gasteiger partial charge on any atom is 0.241 e. The van der Waals surface area contributed by atoms with Crippen molar-refractivity contribution in [2.24, 2.45) is 0 Å². The highest BCUT2D eigenvalue weighted by molar-refractivity contribution is 5.46. The van der Waals surface area contributed by atoms with Crippen molar-refractivity contribution in [3.05, 3.63) is 53.9 Å². The molecule has 6 heteroatoms. The standard InChI is InChI=1S/C18H22N4O2/c1-13(16-8-7-14(2)23-16)9-11-22(3)12-17-20-18(21-24-17)15-6-4-5-10-19-15/h4-8,10,13H,9,11-12H2,1-3H3. The summed E-state index contributed by atoms with van der Waals surface area (Å²) in [5.41, 5.74) is 0.719. The van der Waals surface area contributed by atoms with Crippen LogP contribution < -0.4 is 0 Å². The molecule has 0 aliphatic carbocycles. The van der Waals surface area contributed by atoms with Crippen LogP contribution in [-0.4, -0.2) is 33.6 Å². The van der Waals surface area contributed by atoms with Crippen molar-refractivity contribution in [2.75, 3.05) is 13.6 Å². The molecule has 0 spiro atoms. The van der Waals surface area contributed by atoms with Crippen LogP contribution in [0.15, 0.2) is 45.5 Å². The molecule has 1 atom stereocenters. The van der Waals surface area contributed by atoms with Crippen LogP contribution in [0.4, 0.5) is 0 Å². The number of pyridine rings is 1. The molecule has 3 heterocycles. The third-order valence-corrected chi connectivity index (χ3v) is 3.96. The first kappa shape index (κ1) is 16.4. The zero-order valence-electron chi connectivity index (χ0n) is 14.3. The Morgan fingerprint density at radius 3 is 2.79 bits per heavy atom. The van der Waals surface area contributed by atoms with Crippen molar-refractivity contribution in [2.45, 2.75) is 32.7 Å². The van der Waals surface area contributed by atoms with Crippen LogP contribution in [0.25, 0.3) is 11.5 Å². The molecule has 0 aliphatic rings. The summed E-state index contributed by atoms with van der Waals surface area (Å²) in [5.74, 6) is 3.50. The minimum atomic E-state index is 0.382. The first-order chi connectivity index (χ1) is 11.6. The van der Waals surface area contributed by atoms with Crippen LogP contribution in [-0.2, 0) is 6.54 Å². The van der Waals surface area contributed by atoms with E-state index in [1.165, 1.54) is 0 Å². The fourth-order valence-corrected chi connectivity index (χ4v) is 2.50. The average molecular weight is 326 g/mol. The highest BCUT2D eigenvalue weighted by atomic mass is 16.5. The molecular weight excluding hydrogens is 304 g/mol. The summed E-state index contributed by atoms with van der Waals surface area (Å²) < 4.78 is 11.0. The van der Waals surface area contributed by atoms with E-state index in [0.717, 1.165) is 30.2 Å². The lowest BCUT2D eigenvalue weighted by Gasteiger charge is -2.16. The number of rotatable bonds is 7. The second-order valence-corrected chi connectivity index (χ2v) is 6.10. The molecule has 3 rings (SSSR count). The van der Waals surface area contributed by atoms with E-state index >= 15 is 0 Å². The number of hydrogen-bond donors (Lipinski definition) is 0. The van der Waals surface area contributed by atoms with E-state index in [0.29, 0.717) is 24.2 Å². The van der Waals surface area contributed by atoms with Crippen molar-refractivity contribution >= 4 is 0 Å². The van der Waals surface area contributed by atoms with Gasteiger partial charge in [0.2, 0.25) is 11.7 Å². The van der Waals surface area contributed by atoms with Crippen LogP contribution in [0.5, 0.6) is 0 Å². The number of nitrogens with zero attached hydrogens (tertiary/aromatic N) is 4. The highest BCUT2D eigenvalue weighted by Crippen LogP contribution is 2.21. The SMILES string of the molecule is Cc1ccc(C(C)CCN(C)Cc2nc(-c3ccccn3)no2)o1. The first-order valence-electron chi connectivity index (χ1n) is 8.10. The largest absolute Gasteiger partial charge is 0.466 e. The van der Waals surface area contributed by atoms with Gasteiger partial charge in [0.15, 0.2) is 0 Å². The van der Waals surface area contributed by atoms with Gasteiger partial charge in [-0.15, -0.1) is 0 Å². The van der Waals surface area contributed by atoms with Gasteiger partial charge in [0.05, 0.1) is 6.54 Å². The summed E-state index contributed by atoms with van der Waals surface area (Å²) in [6, 6.07) is 9.69. The molecule has 0 saturated carbocycles. The fraction of sp³-hybridized carbons (Fsp3) is 0.389. The fourth-order valence-electron chi connectivity index (χ4n) is 2.50. The number of hydrogen-bond acceptors (Lipinski definition) is 6. The van der Waals surface area contributed by atoms with Crippen molar-refractivity contribution in [3.8, 4) is 11.5 Å².